The molecule has 0 bridgehead atoms. The highest BCUT2D eigenvalue weighted by Gasteiger charge is 2.37. The Labute approximate surface area is 210 Å². The summed E-state index contributed by atoms with van der Waals surface area (Å²) in [5.74, 6) is -0.197. The molecule has 5 rings (SSSR count). The number of aromatic amines is 1. The summed E-state index contributed by atoms with van der Waals surface area (Å²) in [7, 11) is 0. The predicted molar refractivity (Wildman–Crippen MR) is 131 cm³/mol. The number of allylic oxidation sites excluding steroid dienone is 1. The number of hydrogen-bond donors (Lipinski definition) is 2. The monoisotopic (exact) mass is 506 g/mol. The lowest BCUT2D eigenvalue weighted by Crippen LogP contribution is -2.21. The minimum absolute atomic E-state index is 0.0365. The molecule has 0 fully saturated rings. The summed E-state index contributed by atoms with van der Waals surface area (Å²) in [6.45, 7) is 0.208. The van der Waals surface area contributed by atoms with Crippen LogP contribution in [0.4, 0.5) is 4.39 Å². The van der Waals surface area contributed by atoms with Crippen molar-refractivity contribution in [1.82, 2.24) is 10.2 Å². The second-order valence-electron chi connectivity index (χ2n) is 7.82. The highest BCUT2D eigenvalue weighted by atomic mass is 35.5. The van der Waals surface area contributed by atoms with Crippen molar-refractivity contribution >= 4 is 23.2 Å². The molecular weight excluding hydrogens is 490 g/mol. The van der Waals surface area contributed by atoms with Crippen LogP contribution in [0.1, 0.15) is 22.6 Å². The van der Waals surface area contributed by atoms with Gasteiger partial charge in [-0.1, -0.05) is 59.6 Å². The molecular formula is C26H17Cl2FN4O2. The molecule has 4 aromatic rings. The molecule has 174 valence electrons. The van der Waals surface area contributed by atoms with E-state index in [-0.39, 0.29) is 29.8 Å². The van der Waals surface area contributed by atoms with Gasteiger partial charge in [-0.3, -0.25) is 5.10 Å². The average Bonchev–Trinajstić information content (AvgIpc) is 3.28. The Bertz CT molecular complexity index is 1490. The first kappa shape index (κ1) is 22.8. The van der Waals surface area contributed by atoms with Crippen LogP contribution in [0.2, 0.25) is 10.0 Å². The van der Waals surface area contributed by atoms with Gasteiger partial charge in [0.2, 0.25) is 11.8 Å². The van der Waals surface area contributed by atoms with Gasteiger partial charge in [0, 0.05) is 11.1 Å². The molecule has 1 aliphatic heterocycles. The van der Waals surface area contributed by atoms with Gasteiger partial charge in [-0.15, -0.1) is 5.10 Å². The zero-order chi connectivity index (χ0) is 24.5. The summed E-state index contributed by atoms with van der Waals surface area (Å²) < 4.78 is 25.1. The summed E-state index contributed by atoms with van der Waals surface area (Å²) >= 11 is 12.4. The topological polar surface area (TPSA) is 97.0 Å². The number of hydrogen-bond acceptors (Lipinski definition) is 5. The third kappa shape index (κ3) is 4.30. The number of H-pyrrole nitrogens is 1. The van der Waals surface area contributed by atoms with Crippen LogP contribution in [-0.2, 0) is 6.61 Å². The standard InChI is InChI=1S/C26H17Cl2FN4O2/c27-19-10-7-15(11-20(19)28)24-23-22(18(12-30)25(31)35-26(23)33-32-24)17-3-1-2-4-21(17)34-13-14-5-8-16(29)9-6-14/h1-11,22H,13,31H2,(H,32,33)/t22-/m0/s1. The fraction of sp³-hybridized carbons (Fsp3) is 0.0769. The minimum atomic E-state index is -0.628. The van der Waals surface area contributed by atoms with E-state index in [1.165, 1.54) is 12.1 Å². The van der Waals surface area contributed by atoms with E-state index in [0.717, 1.165) is 5.56 Å². The molecule has 35 heavy (non-hydrogen) atoms. The fourth-order valence-corrected chi connectivity index (χ4v) is 4.32. The number of benzene rings is 3. The first-order valence-corrected chi connectivity index (χ1v) is 11.3. The van der Waals surface area contributed by atoms with Crippen molar-refractivity contribution in [2.75, 3.05) is 0 Å². The number of nitrogens with one attached hydrogen (secondary N) is 1. The molecule has 6 nitrogen and oxygen atoms in total. The molecule has 3 N–H and O–H groups in total. The SMILES string of the molecule is N#CC1=C(N)Oc2n[nH]c(-c3ccc(Cl)c(Cl)c3)c2[C@H]1c1ccccc1OCc1ccc(F)cc1. The smallest absolute Gasteiger partial charge is 0.244 e. The van der Waals surface area contributed by atoms with E-state index < -0.39 is 5.92 Å². The maximum Gasteiger partial charge on any atom is 0.244 e. The van der Waals surface area contributed by atoms with Gasteiger partial charge in [0.15, 0.2) is 0 Å². The van der Waals surface area contributed by atoms with Crippen LogP contribution >= 0.6 is 23.2 Å². The summed E-state index contributed by atoms with van der Waals surface area (Å²) in [5.41, 5.74) is 9.77. The minimum Gasteiger partial charge on any atom is -0.489 e. The number of para-hydroxylation sites is 1. The molecule has 1 aromatic heterocycles. The molecule has 9 heteroatoms. The van der Waals surface area contributed by atoms with Gasteiger partial charge < -0.3 is 15.2 Å². The van der Waals surface area contributed by atoms with Crippen molar-refractivity contribution in [2.24, 2.45) is 5.73 Å². The molecule has 0 spiro atoms. The van der Waals surface area contributed by atoms with Gasteiger partial charge in [-0.25, -0.2) is 4.39 Å². The molecule has 1 atom stereocenters. The number of nitriles is 1. The van der Waals surface area contributed by atoms with Crippen LogP contribution in [0.3, 0.4) is 0 Å². The number of ether oxygens (including phenoxy) is 2. The molecule has 0 saturated heterocycles. The van der Waals surface area contributed by atoms with E-state index >= 15 is 0 Å². The molecule has 1 aliphatic rings. The molecule has 0 radical (unpaired) electrons. The zero-order valence-corrected chi connectivity index (χ0v) is 19.6. The molecule has 3 aromatic carbocycles. The maximum atomic E-state index is 13.3. The second-order valence-corrected chi connectivity index (χ2v) is 8.64. The Kier molecular flexibility index (Phi) is 6.08. The summed E-state index contributed by atoms with van der Waals surface area (Å²) in [6, 6.07) is 20.8. The zero-order valence-electron chi connectivity index (χ0n) is 18.1. The van der Waals surface area contributed by atoms with Crippen molar-refractivity contribution in [2.45, 2.75) is 12.5 Å². The van der Waals surface area contributed by atoms with Crippen LogP contribution in [-0.4, -0.2) is 10.2 Å². The molecule has 0 unspecified atom stereocenters. The van der Waals surface area contributed by atoms with E-state index in [0.29, 0.717) is 38.2 Å². The Balaban J connectivity index is 1.61. The molecule has 0 saturated carbocycles. The Morgan fingerprint density at radius 1 is 1.09 bits per heavy atom. The summed E-state index contributed by atoms with van der Waals surface area (Å²) in [5, 5.41) is 18.1. The van der Waals surface area contributed by atoms with Crippen LogP contribution in [0.5, 0.6) is 11.6 Å². The quantitative estimate of drug-likeness (QED) is 0.330. The summed E-state index contributed by atoms with van der Waals surface area (Å²) in [4.78, 5) is 0. The van der Waals surface area contributed by atoms with E-state index in [1.807, 2.05) is 18.2 Å². The van der Waals surface area contributed by atoms with Crippen LogP contribution in [0, 0.1) is 17.1 Å². The van der Waals surface area contributed by atoms with Gasteiger partial charge in [0.1, 0.15) is 29.8 Å². The third-order valence-electron chi connectivity index (χ3n) is 5.68. The van der Waals surface area contributed by atoms with Gasteiger partial charge in [-0.2, -0.15) is 5.26 Å². The van der Waals surface area contributed by atoms with Crippen molar-refractivity contribution in [3.8, 4) is 29.0 Å². The Morgan fingerprint density at radius 2 is 1.86 bits per heavy atom. The second kappa shape index (κ2) is 9.34. The van der Waals surface area contributed by atoms with Crippen molar-refractivity contribution in [1.29, 1.82) is 5.26 Å². The van der Waals surface area contributed by atoms with E-state index in [9.17, 15) is 9.65 Å². The first-order valence-electron chi connectivity index (χ1n) is 10.5. The number of halogens is 3. The maximum absolute atomic E-state index is 13.3. The summed E-state index contributed by atoms with van der Waals surface area (Å²) in [6.07, 6.45) is 0. The van der Waals surface area contributed by atoms with Gasteiger partial charge in [0.05, 0.1) is 27.2 Å². The fourth-order valence-electron chi connectivity index (χ4n) is 4.02. The average molecular weight is 507 g/mol. The van der Waals surface area contributed by atoms with Crippen molar-refractivity contribution in [3.05, 3.63) is 111 Å². The van der Waals surface area contributed by atoms with Gasteiger partial charge in [0.25, 0.3) is 0 Å². The largest absolute Gasteiger partial charge is 0.489 e. The molecule has 0 amide bonds. The Hall–Kier alpha value is -3.99. The first-order chi connectivity index (χ1) is 17.0. The third-order valence-corrected chi connectivity index (χ3v) is 6.42. The number of fused-ring (bicyclic) bond motifs is 1. The van der Waals surface area contributed by atoms with E-state index in [2.05, 4.69) is 16.3 Å². The lowest BCUT2D eigenvalue weighted by atomic mass is 9.82. The van der Waals surface area contributed by atoms with E-state index in [1.54, 1.807) is 36.4 Å². The number of nitrogens with two attached hydrogens (primary N) is 1. The molecule has 2 heterocycles. The Morgan fingerprint density at radius 3 is 2.60 bits per heavy atom. The van der Waals surface area contributed by atoms with E-state index in [4.69, 9.17) is 38.4 Å². The van der Waals surface area contributed by atoms with Crippen molar-refractivity contribution in [3.63, 3.8) is 0 Å². The number of nitrogens with zero attached hydrogens (tertiary/aromatic N) is 2. The predicted octanol–water partition coefficient (Wildman–Crippen LogP) is 6.32. The number of rotatable bonds is 5. The number of aromatic nitrogens is 2. The van der Waals surface area contributed by atoms with Gasteiger partial charge in [-0.05, 0) is 35.9 Å². The van der Waals surface area contributed by atoms with Crippen LogP contribution in [0.15, 0.2) is 78.2 Å². The lowest BCUT2D eigenvalue weighted by Gasteiger charge is -2.25. The lowest BCUT2D eigenvalue weighted by molar-refractivity contribution is 0.301. The van der Waals surface area contributed by atoms with Crippen LogP contribution in [0.25, 0.3) is 11.3 Å². The normalized spacial score (nSPS) is 14.7. The van der Waals surface area contributed by atoms with Gasteiger partial charge >= 0.3 is 0 Å². The molecule has 0 aliphatic carbocycles. The highest BCUT2D eigenvalue weighted by Crippen LogP contribution is 2.48. The highest BCUT2D eigenvalue weighted by molar-refractivity contribution is 6.42. The van der Waals surface area contributed by atoms with Crippen molar-refractivity contribution < 1.29 is 13.9 Å². The van der Waals surface area contributed by atoms with Crippen LogP contribution < -0.4 is 15.2 Å².